The van der Waals surface area contributed by atoms with E-state index < -0.39 is 5.97 Å². The van der Waals surface area contributed by atoms with Crippen LogP contribution in [0.15, 0.2) is 18.5 Å². The van der Waals surface area contributed by atoms with Crippen LogP contribution in [0.5, 0.6) is 0 Å². The molecule has 72 valence electrons. The first kappa shape index (κ1) is 8.49. The smallest absolute Gasteiger partial charge is 0.356 e. The zero-order chi connectivity index (χ0) is 9.97. The van der Waals surface area contributed by atoms with Crippen molar-refractivity contribution in [3.05, 3.63) is 24.2 Å². The largest absolute Gasteiger partial charge is 0.464 e. The van der Waals surface area contributed by atoms with E-state index in [0.717, 1.165) is 5.69 Å². The van der Waals surface area contributed by atoms with Crippen LogP contribution in [-0.4, -0.2) is 33.2 Å². The number of H-pyrrole nitrogens is 2. The van der Waals surface area contributed by atoms with Gasteiger partial charge in [-0.05, 0) is 6.07 Å². The van der Waals surface area contributed by atoms with E-state index in [4.69, 9.17) is 0 Å². The monoisotopic (exact) mass is 192 g/mol. The first-order chi connectivity index (χ1) is 6.81. The van der Waals surface area contributed by atoms with E-state index in [9.17, 15) is 4.79 Å². The molecule has 0 bridgehead atoms. The van der Waals surface area contributed by atoms with Crippen LogP contribution in [0, 0.1) is 0 Å². The van der Waals surface area contributed by atoms with Gasteiger partial charge in [-0.15, -0.1) is 0 Å². The molecular weight excluding hydrogens is 184 g/mol. The third-order valence-corrected chi connectivity index (χ3v) is 1.74. The Bertz CT molecular complexity index is 432. The molecule has 0 aliphatic rings. The summed E-state index contributed by atoms with van der Waals surface area (Å²) < 4.78 is 4.53. The fourth-order valence-corrected chi connectivity index (χ4v) is 1.06. The number of aromatic amines is 2. The van der Waals surface area contributed by atoms with Crippen LogP contribution >= 0.6 is 0 Å². The Kier molecular flexibility index (Phi) is 2.02. The number of rotatable bonds is 2. The number of aromatic nitrogens is 4. The zero-order valence-electron chi connectivity index (χ0n) is 7.44. The van der Waals surface area contributed by atoms with Crippen LogP contribution in [-0.2, 0) is 4.74 Å². The average Bonchev–Trinajstić information content (AvgIpc) is 2.86. The molecule has 0 spiro atoms. The van der Waals surface area contributed by atoms with Gasteiger partial charge in [0.25, 0.3) is 0 Å². The predicted molar refractivity (Wildman–Crippen MR) is 47.5 cm³/mol. The highest BCUT2D eigenvalue weighted by Crippen LogP contribution is 2.11. The highest BCUT2D eigenvalue weighted by atomic mass is 16.5. The molecule has 0 saturated carbocycles. The van der Waals surface area contributed by atoms with Gasteiger partial charge >= 0.3 is 5.97 Å². The van der Waals surface area contributed by atoms with Crippen molar-refractivity contribution in [2.24, 2.45) is 0 Å². The molecule has 2 rings (SSSR count). The SMILES string of the molecule is COC(=O)c1cnc(-c2ccn[nH]2)[nH]1. The number of hydrogen-bond acceptors (Lipinski definition) is 4. The van der Waals surface area contributed by atoms with Crippen molar-refractivity contribution in [2.45, 2.75) is 0 Å². The molecule has 0 aliphatic carbocycles. The second-order valence-corrected chi connectivity index (χ2v) is 2.61. The van der Waals surface area contributed by atoms with E-state index in [2.05, 4.69) is 24.9 Å². The molecule has 2 N–H and O–H groups in total. The zero-order valence-corrected chi connectivity index (χ0v) is 7.44. The summed E-state index contributed by atoms with van der Waals surface area (Å²) >= 11 is 0. The molecule has 0 aromatic carbocycles. The maximum absolute atomic E-state index is 11.1. The minimum atomic E-state index is -0.441. The van der Waals surface area contributed by atoms with Crippen molar-refractivity contribution in [2.75, 3.05) is 7.11 Å². The van der Waals surface area contributed by atoms with Crippen molar-refractivity contribution in [3.63, 3.8) is 0 Å². The molecule has 2 aromatic rings. The molecule has 0 radical (unpaired) electrons. The number of carbonyl (C=O) groups excluding carboxylic acids is 1. The third kappa shape index (κ3) is 1.37. The fraction of sp³-hybridized carbons (Fsp3) is 0.125. The van der Waals surface area contributed by atoms with Crippen molar-refractivity contribution in [1.29, 1.82) is 0 Å². The molecule has 6 heteroatoms. The van der Waals surface area contributed by atoms with Crippen LogP contribution in [0.3, 0.4) is 0 Å². The Hall–Kier alpha value is -2.11. The van der Waals surface area contributed by atoms with Gasteiger partial charge in [-0.25, -0.2) is 9.78 Å². The second-order valence-electron chi connectivity index (χ2n) is 2.61. The summed E-state index contributed by atoms with van der Waals surface area (Å²) in [5.41, 5.74) is 1.04. The number of nitrogens with zero attached hydrogens (tertiary/aromatic N) is 2. The van der Waals surface area contributed by atoms with Gasteiger partial charge in [0, 0.05) is 6.20 Å². The van der Waals surface area contributed by atoms with Crippen molar-refractivity contribution in [3.8, 4) is 11.5 Å². The standard InChI is InChI=1S/C8H8N4O2/c1-14-8(13)6-4-9-7(11-6)5-2-3-10-12-5/h2-4H,1H3,(H,9,11)(H,10,12). The van der Waals surface area contributed by atoms with Crippen LogP contribution in [0.2, 0.25) is 0 Å². The lowest BCUT2D eigenvalue weighted by Gasteiger charge is -1.92. The fourth-order valence-electron chi connectivity index (χ4n) is 1.06. The maximum atomic E-state index is 11.1. The molecule has 0 fully saturated rings. The lowest BCUT2D eigenvalue weighted by Crippen LogP contribution is -2.00. The van der Waals surface area contributed by atoms with Crippen molar-refractivity contribution >= 4 is 5.97 Å². The summed E-state index contributed by atoms with van der Waals surface area (Å²) in [6, 6.07) is 1.75. The average molecular weight is 192 g/mol. The Morgan fingerprint density at radius 2 is 2.43 bits per heavy atom. The normalized spacial score (nSPS) is 10.1. The number of nitrogens with one attached hydrogen (secondary N) is 2. The Balaban J connectivity index is 2.31. The minimum absolute atomic E-state index is 0.317. The lowest BCUT2D eigenvalue weighted by molar-refractivity contribution is 0.0595. The Morgan fingerprint density at radius 3 is 3.07 bits per heavy atom. The number of carbonyl (C=O) groups is 1. The molecule has 0 aliphatic heterocycles. The number of esters is 1. The first-order valence-corrected chi connectivity index (χ1v) is 3.94. The van der Waals surface area contributed by atoms with E-state index >= 15 is 0 Å². The van der Waals surface area contributed by atoms with E-state index in [1.54, 1.807) is 12.3 Å². The molecule has 0 amide bonds. The van der Waals surface area contributed by atoms with Crippen LogP contribution in [0.25, 0.3) is 11.5 Å². The van der Waals surface area contributed by atoms with Gasteiger partial charge in [-0.2, -0.15) is 5.10 Å². The van der Waals surface area contributed by atoms with Gasteiger partial charge < -0.3 is 9.72 Å². The van der Waals surface area contributed by atoms with Gasteiger partial charge in [0.1, 0.15) is 11.4 Å². The van der Waals surface area contributed by atoms with Gasteiger partial charge in [0.15, 0.2) is 5.82 Å². The number of imidazole rings is 1. The van der Waals surface area contributed by atoms with Gasteiger partial charge in [-0.3, -0.25) is 5.10 Å². The molecule has 6 nitrogen and oxygen atoms in total. The quantitative estimate of drug-likeness (QED) is 0.682. The van der Waals surface area contributed by atoms with Gasteiger partial charge in [0.05, 0.1) is 13.3 Å². The van der Waals surface area contributed by atoms with Crippen molar-refractivity contribution < 1.29 is 9.53 Å². The van der Waals surface area contributed by atoms with E-state index in [1.165, 1.54) is 13.3 Å². The number of ether oxygens (including phenoxy) is 1. The highest BCUT2D eigenvalue weighted by molar-refractivity contribution is 5.87. The predicted octanol–water partition coefficient (Wildman–Crippen LogP) is 0.586. The van der Waals surface area contributed by atoms with Crippen LogP contribution in [0.1, 0.15) is 10.5 Å². The second kappa shape index (κ2) is 3.33. The summed E-state index contributed by atoms with van der Waals surface area (Å²) in [6.45, 7) is 0. The molecule has 0 unspecified atom stereocenters. The van der Waals surface area contributed by atoms with Crippen molar-refractivity contribution in [1.82, 2.24) is 20.2 Å². The Labute approximate surface area is 79.3 Å². The number of hydrogen-bond donors (Lipinski definition) is 2. The molecule has 14 heavy (non-hydrogen) atoms. The van der Waals surface area contributed by atoms with Crippen LogP contribution < -0.4 is 0 Å². The minimum Gasteiger partial charge on any atom is -0.464 e. The third-order valence-electron chi connectivity index (χ3n) is 1.74. The topological polar surface area (TPSA) is 83.7 Å². The van der Waals surface area contributed by atoms with Gasteiger partial charge in [0.2, 0.25) is 0 Å². The summed E-state index contributed by atoms with van der Waals surface area (Å²) in [5.74, 6) is 0.117. The van der Waals surface area contributed by atoms with Gasteiger partial charge in [-0.1, -0.05) is 0 Å². The van der Waals surface area contributed by atoms with E-state index in [1.807, 2.05) is 0 Å². The maximum Gasteiger partial charge on any atom is 0.356 e. The first-order valence-electron chi connectivity index (χ1n) is 3.94. The molecule has 2 aromatic heterocycles. The number of methoxy groups -OCH3 is 1. The van der Waals surface area contributed by atoms with E-state index in [-0.39, 0.29) is 0 Å². The molecule has 0 saturated heterocycles. The summed E-state index contributed by atoms with van der Waals surface area (Å²) in [4.78, 5) is 17.9. The highest BCUT2D eigenvalue weighted by Gasteiger charge is 2.10. The summed E-state index contributed by atoms with van der Waals surface area (Å²) in [7, 11) is 1.32. The molecular formula is C8H8N4O2. The Morgan fingerprint density at radius 1 is 1.57 bits per heavy atom. The molecule has 0 atom stereocenters. The summed E-state index contributed by atoms with van der Waals surface area (Å²) in [5, 5.41) is 6.50. The summed E-state index contributed by atoms with van der Waals surface area (Å²) in [6.07, 6.45) is 3.03. The van der Waals surface area contributed by atoms with E-state index in [0.29, 0.717) is 11.5 Å². The van der Waals surface area contributed by atoms with Crippen LogP contribution in [0.4, 0.5) is 0 Å². The molecule has 2 heterocycles. The lowest BCUT2D eigenvalue weighted by atomic mass is 10.4.